The number of halogens is 2. The first kappa shape index (κ1) is 29.7. The lowest BCUT2D eigenvalue weighted by atomic mass is 10.1. The van der Waals surface area contributed by atoms with Gasteiger partial charge in [0.2, 0.25) is 0 Å². The molecule has 2 amide bonds. The number of para-hydroxylation sites is 2. The highest BCUT2D eigenvalue weighted by Crippen LogP contribution is 2.29. The standard InChI is InChI=1S/C29H25Cl2N3O6S/c1-18-11-12-20(16-27(18)41(37,38)34-24-9-5-4-8-22(24)30)33-29(36)21-7-3-6-10-25(21)40-17-28(35)32-19-13-14-26(39-2)23(31)15-19/h3-16,34H,17H2,1-2H3,(H,32,35)(H,33,36). The molecular formula is C29H25Cl2N3O6S. The number of hydrogen-bond donors (Lipinski definition) is 3. The van der Waals surface area contributed by atoms with Crippen LogP contribution in [0.3, 0.4) is 0 Å². The van der Waals surface area contributed by atoms with E-state index in [0.29, 0.717) is 22.0 Å². The molecule has 0 unspecified atom stereocenters. The summed E-state index contributed by atoms with van der Waals surface area (Å²) in [6, 6.07) is 22.1. The first-order valence-corrected chi connectivity index (χ1v) is 14.4. The minimum absolute atomic E-state index is 0.0324. The molecule has 3 N–H and O–H groups in total. The first-order chi connectivity index (χ1) is 19.6. The topological polar surface area (TPSA) is 123 Å². The number of amides is 2. The van der Waals surface area contributed by atoms with Gasteiger partial charge < -0.3 is 20.1 Å². The number of anilines is 3. The van der Waals surface area contributed by atoms with Crippen LogP contribution in [0.2, 0.25) is 10.0 Å². The van der Waals surface area contributed by atoms with E-state index in [2.05, 4.69) is 15.4 Å². The van der Waals surface area contributed by atoms with E-state index in [1.54, 1.807) is 79.7 Å². The maximum absolute atomic E-state index is 13.1. The lowest BCUT2D eigenvalue weighted by molar-refractivity contribution is -0.118. The van der Waals surface area contributed by atoms with E-state index in [1.807, 2.05) is 0 Å². The molecule has 0 atom stereocenters. The molecule has 0 fully saturated rings. The summed E-state index contributed by atoms with van der Waals surface area (Å²) in [6.45, 7) is 1.26. The maximum atomic E-state index is 13.1. The van der Waals surface area contributed by atoms with E-state index in [4.69, 9.17) is 32.7 Å². The summed E-state index contributed by atoms with van der Waals surface area (Å²) in [6.07, 6.45) is 0. The van der Waals surface area contributed by atoms with Gasteiger partial charge in [-0.05, 0) is 67.1 Å². The average Bonchev–Trinajstić information content (AvgIpc) is 2.94. The smallest absolute Gasteiger partial charge is 0.262 e. The Morgan fingerprint density at radius 3 is 2.22 bits per heavy atom. The molecule has 0 saturated carbocycles. The third kappa shape index (κ3) is 7.49. The van der Waals surface area contributed by atoms with Crippen LogP contribution in [-0.4, -0.2) is 33.9 Å². The number of hydrogen-bond acceptors (Lipinski definition) is 6. The van der Waals surface area contributed by atoms with Crippen molar-refractivity contribution in [2.24, 2.45) is 0 Å². The molecule has 0 aromatic heterocycles. The fraction of sp³-hybridized carbons (Fsp3) is 0.103. The fourth-order valence-corrected chi connectivity index (χ4v) is 5.62. The molecule has 4 aromatic rings. The highest BCUT2D eigenvalue weighted by Gasteiger charge is 2.20. The summed E-state index contributed by atoms with van der Waals surface area (Å²) in [4.78, 5) is 25.6. The number of benzene rings is 4. The Balaban J connectivity index is 1.46. The van der Waals surface area contributed by atoms with Crippen molar-refractivity contribution in [3.05, 3.63) is 106 Å². The van der Waals surface area contributed by atoms with Crippen molar-refractivity contribution in [2.75, 3.05) is 29.1 Å². The van der Waals surface area contributed by atoms with Crippen molar-refractivity contribution in [1.29, 1.82) is 0 Å². The molecule has 41 heavy (non-hydrogen) atoms. The Bertz CT molecular complexity index is 1710. The van der Waals surface area contributed by atoms with Gasteiger partial charge in [-0.3, -0.25) is 14.3 Å². The number of sulfonamides is 1. The molecule has 0 aliphatic rings. The van der Waals surface area contributed by atoms with Gasteiger partial charge in [-0.2, -0.15) is 0 Å². The number of rotatable bonds is 10. The minimum atomic E-state index is -4.02. The zero-order valence-electron chi connectivity index (χ0n) is 21.9. The number of nitrogens with one attached hydrogen (secondary N) is 3. The molecule has 0 heterocycles. The zero-order chi connectivity index (χ0) is 29.6. The average molecular weight is 615 g/mol. The third-order valence-electron chi connectivity index (χ3n) is 5.78. The van der Waals surface area contributed by atoms with Crippen molar-refractivity contribution < 1.29 is 27.5 Å². The second-order valence-corrected chi connectivity index (χ2v) is 11.2. The van der Waals surface area contributed by atoms with Crippen LogP contribution >= 0.6 is 23.2 Å². The molecule has 0 spiro atoms. The van der Waals surface area contributed by atoms with Gasteiger partial charge in [0, 0.05) is 11.4 Å². The fourth-order valence-electron chi connectivity index (χ4n) is 3.77. The number of ether oxygens (including phenoxy) is 2. The molecule has 0 aliphatic carbocycles. The summed E-state index contributed by atoms with van der Waals surface area (Å²) >= 11 is 12.2. The molecule has 0 radical (unpaired) electrons. The molecule has 4 rings (SSSR count). The van der Waals surface area contributed by atoms with E-state index < -0.39 is 21.8 Å². The van der Waals surface area contributed by atoms with Gasteiger partial charge in [0.05, 0.1) is 33.3 Å². The lowest BCUT2D eigenvalue weighted by Crippen LogP contribution is -2.21. The summed E-state index contributed by atoms with van der Waals surface area (Å²) in [5.41, 5.74) is 1.53. The Labute approximate surface area is 247 Å². The van der Waals surface area contributed by atoms with Crippen LogP contribution in [0.1, 0.15) is 15.9 Å². The molecular weight excluding hydrogens is 589 g/mol. The molecule has 0 saturated heterocycles. The number of methoxy groups -OCH3 is 1. The Morgan fingerprint density at radius 2 is 1.49 bits per heavy atom. The number of aryl methyl sites for hydroxylation is 1. The van der Waals surface area contributed by atoms with E-state index in [0.717, 1.165) is 0 Å². The highest BCUT2D eigenvalue weighted by atomic mass is 35.5. The van der Waals surface area contributed by atoms with Crippen LogP contribution in [0.15, 0.2) is 89.8 Å². The SMILES string of the molecule is COc1ccc(NC(=O)COc2ccccc2C(=O)Nc2ccc(C)c(S(=O)(=O)Nc3ccccc3Cl)c2)cc1Cl. The third-order valence-corrected chi connectivity index (χ3v) is 7.91. The van der Waals surface area contributed by atoms with E-state index in [1.165, 1.54) is 19.2 Å². The predicted molar refractivity (Wildman–Crippen MR) is 160 cm³/mol. The molecule has 0 bridgehead atoms. The van der Waals surface area contributed by atoms with Gasteiger partial charge in [-0.25, -0.2) is 8.42 Å². The molecule has 4 aromatic carbocycles. The van der Waals surface area contributed by atoms with Gasteiger partial charge >= 0.3 is 0 Å². The number of carbonyl (C=O) groups excluding carboxylic acids is 2. The van der Waals surface area contributed by atoms with Gasteiger partial charge in [0.25, 0.3) is 21.8 Å². The Morgan fingerprint density at radius 1 is 0.805 bits per heavy atom. The van der Waals surface area contributed by atoms with Crippen molar-refractivity contribution in [3.63, 3.8) is 0 Å². The zero-order valence-corrected chi connectivity index (χ0v) is 24.2. The Kier molecular flexibility index (Phi) is 9.38. The van der Waals surface area contributed by atoms with Crippen molar-refractivity contribution in [3.8, 4) is 11.5 Å². The van der Waals surface area contributed by atoms with Crippen LogP contribution in [0.25, 0.3) is 0 Å². The van der Waals surface area contributed by atoms with Gasteiger partial charge in [0.15, 0.2) is 6.61 Å². The van der Waals surface area contributed by atoms with E-state index in [9.17, 15) is 18.0 Å². The summed E-state index contributed by atoms with van der Waals surface area (Å²) in [5.74, 6) is -0.403. The maximum Gasteiger partial charge on any atom is 0.262 e. The van der Waals surface area contributed by atoms with Crippen LogP contribution in [0.4, 0.5) is 17.1 Å². The quantitative estimate of drug-likeness (QED) is 0.191. The summed E-state index contributed by atoms with van der Waals surface area (Å²) < 4.78 is 39.4. The van der Waals surface area contributed by atoms with Crippen molar-refractivity contribution in [1.82, 2.24) is 0 Å². The van der Waals surface area contributed by atoms with E-state index >= 15 is 0 Å². The van der Waals surface area contributed by atoms with Gasteiger partial charge in [0.1, 0.15) is 11.5 Å². The second kappa shape index (κ2) is 12.9. The normalized spacial score (nSPS) is 10.9. The summed E-state index contributed by atoms with van der Waals surface area (Å²) in [7, 11) is -2.53. The largest absolute Gasteiger partial charge is 0.495 e. The molecule has 212 valence electrons. The lowest BCUT2D eigenvalue weighted by Gasteiger charge is -2.14. The second-order valence-electron chi connectivity index (χ2n) is 8.70. The van der Waals surface area contributed by atoms with Crippen LogP contribution in [0.5, 0.6) is 11.5 Å². The van der Waals surface area contributed by atoms with E-state index in [-0.39, 0.29) is 39.2 Å². The van der Waals surface area contributed by atoms with Crippen LogP contribution < -0.4 is 24.8 Å². The van der Waals surface area contributed by atoms with Gasteiger partial charge in [-0.1, -0.05) is 53.5 Å². The van der Waals surface area contributed by atoms with Crippen molar-refractivity contribution in [2.45, 2.75) is 11.8 Å². The van der Waals surface area contributed by atoms with Crippen molar-refractivity contribution >= 4 is 62.1 Å². The minimum Gasteiger partial charge on any atom is -0.495 e. The summed E-state index contributed by atoms with van der Waals surface area (Å²) in [5, 5.41) is 5.94. The molecule has 9 nitrogen and oxygen atoms in total. The monoisotopic (exact) mass is 613 g/mol. The number of carbonyl (C=O) groups is 2. The first-order valence-electron chi connectivity index (χ1n) is 12.1. The predicted octanol–water partition coefficient (Wildman–Crippen LogP) is 6.38. The Hall–Kier alpha value is -4.25. The van der Waals surface area contributed by atoms with Crippen LogP contribution in [0, 0.1) is 6.92 Å². The molecule has 0 aliphatic heterocycles. The van der Waals surface area contributed by atoms with Gasteiger partial charge in [-0.15, -0.1) is 0 Å². The highest BCUT2D eigenvalue weighted by molar-refractivity contribution is 7.92. The molecule has 12 heteroatoms. The van der Waals surface area contributed by atoms with Crippen LogP contribution in [-0.2, 0) is 14.8 Å².